The number of para-hydroxylation sites is 1. The van der Waals surface area contributed by atoms with Crippen LogP contribution in [0, 0.1) is 13.8 Å². The maximum Gasteiger partial charge on any atom is 0.277 e. The quantitative estimate of drug-likeness (QED) is 0.346. The molecule has 3 aromatic carbocycles. The molecule has 160 valence electrons. The smallest absolute Gasteiger partial charge is 0.277 e. The van der Waals surface area contributed by atoms with Crippen molar-refractivity contribution in [3.63, 3.8) is 0 Å². The fraction of sp³-hybridized carbons (Fsp3) is 0.115. The van der Waals surface area contributed by atoms with E-state index in [0.717, 1.165) is 28.1 Å². The van der Waals surface area contributed by atoms with E-state index >= 15 is 0 Å². The zero-order valence-corrected chi connectivity index (χ0v) is 18.0. The molecule has 1 amide bonds. The zero-order valence-electron chi connectivity index (χ0n) is 18.0. The van der Waals surface area contributed by atoms with E-state index in [-0.39, 0.29) is 12.5 Å². The molecular weight excluding hydrogens is 400 g/mol. The van der Waals surface area contributed by atoms with Gasteiger partial charge in [-0.3, -0.25) is 4.79 Å². The lowest BCUT2D eigenvalue weighted by atomic mass is 10.1. The summed E-state index contributed by atoms with van der Waals surface area (Å²) in [4.78, 5) is 12.1. The fourth-order valence-corrected chi connectivity index (χ4v) is 3.12. The van der Waals surface area contributed by atoms with Crippen LogP contribution in [0.25, 0.3) is 16.9 Å². The van der Waals surface area contributed by atoms with Crippen LogP contribution in [0.2, 0.25) is 0 Å². The first kappa shape index (κ1) is 21.1. The minimum Gasteiger partial charge on any atom is -0.484 e. The predicted molar refractivity (Wildman–Crippen MR) is 126 cm³/mol. The molecule has 0 aliphatic carbocycles. The Bertz CT molecular complexity index is 1210. The summed E-state index contributed by atoms with van der Waals surface area (Å²) in [7, 11) is 0. The van der Waals surface area contributed by atoms with Gasteiger partial charge in [-0.2, -0.15) is 10.2 Å². The number of rotatable bonds is 7. The number of nitrogens with zero attached hydrogens (tertiary/aromatic N) is 3. The van der Waals surface area contributed by atoms with Crippen LogP contribution in [0.3, 0.4) is 0 Å². The van der Waals surface area contributed by atoms with Crippen LogP contribution < -0.4 is 10.2 Å². The third-order valence-electron chi connectivity index (χ3n) is 4.87. The van der Waals surface area contributed by atoms with Crippen molar-refractivity contribution in [3.8, 4) is 22.7 Å². The Labute approximate surface area is 187 Å². The molecule has 6 nitrogen and oxygen atoms in total. The summed E-state index contributed by atoms with van der Waals surface area (Å²) in [5.41, 5.74) is 8.31. The average Bonchev–Trinajstić information content (AvgIpc) is 3.24. The maximum atomic E-state index is 12.1. The van der Waals surface area contributed by atoms with Gasteiger partial charge in [-0.25, -0.2) is 10.1 Å². The van der Waals surface area contributed by atoms with Gasteiger partial charge in [0.2, 0.25) is 0 Å². The van der Waals surface area contributed by atoms with Gasteiger partial charge >= 0.3 is 0 Å². The zero-order chi connectivity index (χ0) is 22.3. The van der Waals surface area contributed by atoms with Crippen molar-refractivity contribution in [2.24, 2.45) is 5.10 Å². The lowest BCUT2D eigenvalue weighted by Gasteiger charge is -2.05. The molecule has 0 radical (unpaired) electrons. The molecule has 0 unspecified atom stereocenters. The molecule has 4 rings (SSSR count). The highest BCUT2D eigenvalue weighted by atomic mass is 16.5. The third kappa shape index (κ3) is 5.29. The van der Waals surface area contributed by atoms with Gasteiger partial charge in [-0.05, 0) is 38.1 Å². The van der Waals surface area contributed by atoms with Crippen molar-refractivity contribution in [2.45, 2.75) is 13.8 Å². The Morgan fingerprint density at radius 2 is 1.62 bits per heavy atom. The Morgan fingerprint density at radius 3 is 2.31 bits per heavy atom. The number of nitrogens with one attached hydrogen (secondary N) is 1. The van der Waals surface area contributed by atoms with Gasteiger partial charge in [0, 0.05) is 17.3 Å². The second kappa shape index (κ2) is 9.75. The number of hydrogen-bond acceptors (Lipinski definition) is 4. The molecule has 0 saturated carbocycles. The van der Waals surface area contributed by atoms with E-state index in [4.69, 9.17) is 9.84 Å². The molecule has 1 aromatic heterocycles. The van der Waals surface area contributed by atoms with Crippen LogP contribution in [-0.4, -0.2) is 28.5 Å². The molecule has 0 aliphatic rings. The van der Waals surface area contributed by atoms with Crippen LogP contribution in [0.5, 0.6) is 5.75 Å². The van der Waals surface area contributed by atoms with Crippen LogP contribution >= 0.6 is 0 Å². The maximum absolute atomic E-state index is 12.1. The largest absolute Gasteiger partial charge is 0.484 e. The molecule has 0 fully saturated rings. The van der Waals surface area contributed by atoms with Gasteiger partial charge in [-0.1, -0.05) is 65.7 Å². The summed E-state index contributed by atoms with van der Waals surface area (Å²) in [5, 5.41) is 8.87. The molecule has 0 bridgehead atoms. The number of aromatic nitrogens is 2. The summed E-state index contributed by atoms with van der Waals surface area (Å²) in [6.45, 7) is 3.92. The Hall–Kier alpha value is -4.19. The molecule has 4 aromatic rings. The summed E-state index contributed by atoms with van der Waals surface area (Å²) >= 11 is 0. The van der Waals surface area contributed by atoms with E-state index in [9.17, 15) is 4.79 Å². The summed E-state index contributed by atoms with van der Waals surface area (Å²) < 4.78 is 7.29. The number of carbonyl (C=O) groups excluding carboxylic acids is 1. The van der Waals surface area contributed by atoms with E-state index in [2.05, 4.69) is 10.5 Å². The van der Waals surface area contributed by atoms with E-state index in [1.165, 1.54) is 5.56 Å². The molecule has 0 aliphatic heterocycles. The Kier molecular flexibility index (Phi) is 6.41. The van der Waals surface area contributed by atoms with Crippen molar-refractivity contribution in [3.05, 3.63) is 102 Å². The van der Waals surface area contributed by atoms with Crippen LogP contribution in [0.1, 0.15) is 16.7 Å². The second-order valence-electron chi connectivity index (χ2n) is 7.47. The second-order valence-corrected chi connectivity index (χ2v) is 7.47. The average molecular weight is 425 g/mol. The highest BCUT2D eigenvalue weighted by molar-refractivity contribution is 5.89. The van der Waals surface area contributed by atoms with Crippen molar-refractivity contribution in [1.82, 2.24) is 15.2 Å². The Morgan fingerprint density at radius 1 is 0.969 bits per heavy atom. The predicted octanol–water partition coefficient (Wildman–Crippen LogP) is 4.69. The minimum atomic E-state index is -0.339. The van der Waals surface area contributed by atoms with Gasteiger partial charge in [0.05, 0.1) is 11.9 Å². The summed E-state index contributed by atoms with van der Waals surface area (Å²) in [6, 6.07) is 25.5. The molecule has 1 N–H and O–H groups in total. The first-order valence-corrected chi connectivity index (χ1v) is 10.3. The molecule has 32 heavy (non-hydrogen) atoms. The lowest BCUT2D eigenvalue weighted by molar-refractivity contribution is -0.123. The molecule has 0 spiro atoms. The van der Waals surface area contributed by atoms with Crippen LogP contribution in [0.4, 0.5) is 0 Å². The van der Waals surface area contributed by atoms with Gasteiger partial charge in [0.25, 0.3) is 5.91 Å². The van der Waals surface area contributed by atoms with E-state index in [0.29, 0.717) is 5.75 Å². The van der Waals surface area contributed by atoms with Crippen LogP contribution in [-0.2, 0) is 4.79 Å². The highest BCUT2D eigenvalue weighted by Crippen LogP contribution is 2.23. The number of ether oxygens (including phenoxy) is 1. The molecule has 0 atom stereocenters. The van der Waals surface area contributed by atoms with Gasteiger partial charge in [0.15, 0.2) is 6.61 Å². The number of hydrazone groups is 1. The first-order chi connectivity index (χ1) is 15.6. The fourth-order valence-electron chi connectivity index (χ4n) is 3.12. The minimum absolute atomic E-state index is 0.117. The van der Waals surface area contributed by atoms with Crippen molar-refractivity contribution >= 4 is 12.1 Å². The van der Waals surface area contributed by atoms with Gasteiger partial charge in [-0.15, -0.1) is 0 Å². The number of benzene rings is 3. The number of hydrogen-bond donors (Lipinski definition) is 1. The Balaban J connectivity index is 1.49. The SMILES string of the molecule is Cc1ccc(OCC(=O)N/N=C\c2cn(-c3ccccc3)nc2-c2ccc(C)cc2)cc1. The first-order valence-electron chi connectivity index (χ1n) is 10.3. The number of amides is 1. The molecule has 1 heterocycles. The van der Waals surface area contributed by atoms with E-state index in [1.807, 2.05) is 98.9 Å². The normalized spacial score (nSPS) is 10.9. The van der Waals surface area contributed by atoms with E-state index < -0.39 is 0 Å². The standard InChI is InChI=1S/C26H24N4O2/c1-19-8-12-21(13-9-19)26-22(17-30(29-26)23-6-4-3-5-7-23)16-27-28-25(31)18-32-24-14-10-20(2)11-15-24/h3-17H,18H2,1-2H3,(H,28,31)/b27-16-. The van der Waals surface area contributed by atoms with Crippen LogP contribution in [0.15, 0.2) is 90.2 Å². The lowest BCUT2D eigenvalue weighted by Crippen LogP contribution is -2.24. The van der Waals surface area contributed by atoms with Gasteiger partial charge < -0.3 is 4.74 Å². The monoisotopic (exact) mass is 424 g/mol. The molecular formula is C26H24N4O2. The van der Waals surface area contributed by atoms with Crippen molar-refractivity contribution in [1.29, 1.82) is 0 Å². The topological polar surface area (TPSA) is 68.5 Å². The number of aryl methyl sites for hydroxylation is 2. The third-order valence-corrected chi connectivity index (χ3v) is 4.87. The summed E-state index contributed by atoms with van der Waals surface area (Å²) in [6.07, 6.45) is 3.49. The number of carbonyl (C=O) groups is 1. The van der Waals surface area contributed by atoms with Crippen molar-refractivity contribution in [2.75, 3.05) is 6.61 Å². The highest BCUT2D eigenvalue weighted by Gasteiger charge is 2.11. The van der Waals surface area contributed by atoms with Crippen molar-refractivity contribution < 1.29 is 9.53 Å². The van der Waals surface area contributed by atoms with Gasteiger partial charge in [0.1, 0.15) is 11.4 Å². The summed E-state index contributed by atoms with van der Waals surface area (Å²) in [5.74, 6) is 0.301. The molecule has 6 heteroatoms. The van der Waals surface area contributed by atoms with E-state index in [1.54, 1.807) is 10.9 Å². The molecule has 0 saturated heterocycles.